The van der Waals surface area contributed by atoms with Crippen LogP contribution < -0.4 is 4.74 Å². The van der Waals surface area contributed by atoms with Crippen molar-refractivity contribution >= 4 is 16.3 Å². The molecule has 3 heterocycles. The molecule has 0 amide bonds. The van der Waals surface area contributed by atoms with Crippen LogP contribution in [0.25, 0.3) is 4.96 Å². The number of nitrogens with zero attached hydrogens (tertiary/aromatic N) is 5. The number of hydrogen-bond donors (Lipinski definition) is 1. The van der Waals surface area contributed by atoms with Crippen LogP contribution in [0.2, 0.25) is 0 Å². The van der Waals surface area contributed by atoms with E-state index in [1.807, 2.05) is 19.1 Å². The zero-order valence-electron chi connectivity index (χ0n) is 15.7. The quantitative estimate of drug-likeness (QED) is 0.701. The predicted molar refractivity (Wildman–Crippen MR) is 106 cm³/mol. The Labute approximate surface area is 162 Å². The number of piperazine rings is 1. The normalized spacial score (nSPS) is 17.4. The highest BCUT2D eigenvalue weighted by Gasteiger charge is 2.31. The van der Waals surface area contributed by atoms with Crippen LogP contribution in [0.3, 0.4) is 0 Å². The van der Waals surface area contributed by atoms with Crippen LogP contribution >= 0.6 is 11.3 Å². The molecule has 1 fully saturated rings. The summed E-state index contributed by atoms with van der Waals surface area (Å²) in [5, 5.41) is 15.0. The van der Waals surface area contributed by atoms with Crippen LogP contribution in [0.5, 0.6) is 11.6 Å². The van der Waals surface area contributed by atoms with E-state index in [1.165, 1.54) is 22.2 Å². The van der Waals surface area contributed by atoms with Crippen molar-refractivity contribution in [2.75, 3.05) is 39.3 Å². The lowest BCUT2D eigenvalue weighted by molar-refractivity contribution is 0.113. The Kier molecular flexibility index (Phi) is 5.29. The summed E-state index contributed by atoms with van der Waals surface area (Å²) in [6.45, 7) is 9.84. The van der Waals surface area contributed by atoms with Gasteiger partial charge >= 0.3 is 0 Å². The van der Waals surface area contributed by atoms with E-state index in [2.05, 4.69) is 38.9 Å². The fourth-order valence-corrected chi connectivity index (χ4v) is 4.77. The minimum Gasteiger partial charge on any atom is -0.494 e. The van der Waals surface area contributed by atoms with Crippen molar-refractivity contribution in [2.24, 2.45) is 0 Å². The highest BCUT2D eigenvalue weighted by atomic mass is 32.1. The summed E-state index contributed by atoms with van der Waals surface area (Å²) in [5.74, 6) is 1.03. The molecular formula is C19H25N5O2S. The number of fused-ring (bicyclic) bond motifs is 1. The Balaban J connectivity index is 1.74. The van der Waals surface area contributed by atoms with Gasteiger partial charge in [0.15, 0.2) is 0 Å². The van der Waals surface area contributed by atoms with E-state index in [0.717, 1.165) is 48.9 Å². The molecule has 1 saturated heterocycles. The molecule has 3 aromatic rings. The maximum Gasteiger partial charge on any atom is 0.230 e. The summed E-state index contributed by atoms with van der Waals surface area (Å²) in [6.07, 6.45) is 1.47. The fourth-order valence-electron chi connectivity index (χ4n) is 3.68. The standard InChI is InChI=1S/C19H25N5O2S/c1-3-22-8-10-23(11-9-22)16(14-6-5-7-15(12-14)26-4-2)17-18(25)24-19(27-17)20-13-21-24/h5-7,12-13,16,25H,3-4,8-11H2,1-2H3. The molecular weight excluding hydrogens is 362 g/mol. The predicted octanol–water partition coefficient (Wildman–Crippen LogP) is 2.62. The Morgan fingerprint density at radius 3 is 2.74 bits per heavy atom. The van der Waals surface area contributed by atoms with Crippen molar-refractivity contribution in [1.29, 1.82) is 0 Å². The highest BCUT2D eigenvalue weighted by Crippen LogP contribution is 2.40. The van der Waals surface area contributed by atoms with E-state index in [0.29, 0.717) is 11.6 Å². The average molecular weight is 388 g/mol. The molecule has 0 saturated carbocycles. The zero-order valence-corrected chi connectivity index (χ0v) is 16.5. The van der Waals surface area contributed by atoms with Crippen molar-refractivity contribution in [1.82, 2.24) is 24.4 Å². The Morgan fingerprint density at radius 1 is 1.22 bits per heavy atom. The lowest BCUT2D eigenvalue weighted by Gasteiger charge is -2.38. The van der Waals surface area contributed by atoms with Gasteiger partial charge in [-0.15, -0.1) is 0 Å². The summed E-state index contributed by atoms with van der Waals surface area (Å²) in [6, 6.07) is 8.13. The lowest BCUT2D eigenvalue weighted by atomic mass is 10.0. The minimum atomic E-state index is -0.0436. The first-order chi connectivity index (χ1) is 13.2. The van der Waals surface area contributed by atoms with Gasteiger partial charge in [0, 0.05) is 26.2 Å². The van der Waals surface area contributed by atoms with E-state index in [4.69, 9.17) is 4.74 Å². The third-order valence-corrected chi connectivity index (χ3v) is 6.18. The topological polar surface area (TPSA) is 66.1 Å². The minimum absolute atomic E-state index is 0.0436. The number of ether oxygens (including phenoxy) is 1. The Hall–Kier alpha value is -2.16. The highest BCUT2D eigenvalue weighted by molar-refractivity contribution is 7.17. The summed E-state index contributed by atoms with van der Waals surface area (Å²) < 4.78 is 7.23. The number of aromatic hydroxyl groups is 1. The molecule has 27 heavy (non-hydrogen) atoms. The maximum atomic E-state index is 10.8. The number of thiazole rings is 1. The lowest BCUT2D eigenvalue weighted by Crippen LogP contribution is -2.47. The van der Waals surface area contributed by atoms with E-state index in [9.17, 15) is 5.11 Å². The van der Waals surface area contributed by atoms with Crippen LogP contribution in [-0.4, -0.2) is 68.8 Å². The van der Waals surface area contributed by atoms with Gasteiger partial charge in [-0.1, -0.05) is 30.4 Å². The summed E-state index contributed by atoms with van der Waals surface area (Å²) in [5.41, 5.74) is 1.12. The molecule has 8 heteroatoms. The van der Waals surface area contributed by atoms with Gasteiger partial charge in [0.2, 0.25) is 10.8 Å². The smallest absolute Gasteiger partial charge is 0.230 e. The van der Waals surface area contributed by atoms with E-state index >= 15 is 0 Å². The van der Waals surface area contributed by atoms with Gasteiger partial charge in [-0.25, -0.2) is 4.98 Å². The third kappa shape index (κ3) is 3.52. The summed E-state index contributed by atoms with van der Waals surface area (Å²) >= 11 is 1.50. The van der Waals surface area contributed by atoms with Crippen molar-refractivity contribution < 1.29 is 9.84 Å². The molecule has 1 aliphatic heterocycles. The molecule has 0 aliphatic carbocycles. The first kappa shape index (κ1) is 18.2. The fraction of sp³-hybridized carbons (Fsp3) is 0.474. The molecule has 0 spiro atoms. The molecule has 1 atom stereocenters. The molecule has 0 bridgehead atoms. The van der Waals surface area contributed by atoms with Crippen molar-refractivity contribution in [3.63, 3.8) is 0 Å². The van der Waals surface area contributed by atoms with Crippen LogP contribution in [0.1, 0.15) is 30.3 Å². The monoisotopic (exact) mass is 387 g/mol. The molecule has 0 radical (unpaired) electrons. The number of likely N-dealkylation sites (N-methyl/N-ethyl adjacent to an activating group) is 1. The van der Waals surface area contributed by atoms with Crippen LogP contribution in [0, 0.1) is 0 Å². The van der Waals surface area contributed by atoms with Gasteiger partial charge in [-0.2, -0.15) is 9.61 Å². The van der Waals surface area contributed by atoms with Gasteiger partial charge in [-0.3, -0.25) is 4.90 Å². The first-order valence-electron chi connectivity index (χ1n) is 9.41. The summed E-state index contributed by atoms with van der Waals surface area (Å²) in [4.78, 5) is 10.7. The number of rotatable bonds is 6. The molecule has 4 rings (SSSR count). The average Bonchev–Trinajstić information content (AvgIpc) is 3.27. The molecule has 2 aromatic heterocycles. The first-order valence-corrected chi connectivity index (χ1v) is 10.2. The molecule has 7 nitrogen and oxygen atoms in total. The van der Waals surface area contributed by atoms with Gasteiger partial charge < -0.3 is 14.7 Å². The maximum absolute atomic E-state index is 10.8. The number of aromatic nitrogens is 3. The van der Waals surface area contributed by atoms with E-state index < -0.39 is 0 Å². The Morgan fingerprint density at radius 2 is 2.04 bits per heavy atom. The van der Waals surface area contributed by atoms with E-state index in [1.54, 1.807) is 0 Å². The van der Waals surface area contributed by atoms with E-state index in [-0.39, 0.29) is 11.9 Å². The third-order valence-electron chi connectivity index (χ3n) is 5.09. The van der Waals surface area contributed by atoms with Gasteiger partial charge in [0.25, 0.3) is 0 Å². The van der Waals surface area contributed by atoms with Crippen molar-refractivity contribution in [3.8, 4) is 11.6 Å². The molecule has 144 valence electrons. The molecule has 1 aliphatic rings. The van der Waals surface area contributed by atoms with Gasteiger partial charge in [-0.05, 0) is 31.2 Å². The SMILES string of the molecule is CCOc1cccc(C(c2sc3ncnn3c2O)N2CCN(CC)CC2)c1. The second-order valence-corrected chi connectivity index (χ2v) is 7.63. The second-order valence-electron chi connectivity index (χ2n) is 6.62. The number of benzene rings is 1. The largest absolute Gasteiger partial charge is 0.494 e. The summed E-state index contributed by atoms with van der Waals surface area (Å²) in [7, 11) is 0. The number of hydrogen-bond acceptors (Lipinski definition) is 7. The van der Waals surface area contributed by atoms with Crippen LogP contribution in [0.4, 0.5) is 0 Å². The second kappa shape index (κ2) is 7.84. The van der Waals surface area contributed by atoms with Gasteiger partial charge in [0.05, 0.1) is 17.5 Å². The zero-order chi connectivity index (χ0) is 18.8. The van der Waals surface area contributed by atoms with Crippen molar-refractivity contribution in [3.05, 3.63) is 41.0 Å². The van der Waals surface area contributed by atoms with Crippen molar-refractivity contribution in [2.45, 2.75) is 19.9 Å². The van der Waals surface area contributed by atoms with Crippen LogP contribution in [-0.2, 0) is 0 Å². The molecule has 1 aromatic carbocycles. The van der Waals surface area contributed by atoms with Gasteiger partial charge in [0.1, 0.15) is 12.1 Å². The molecule has 1 N–H and O–H groups in total. The Bertz CT molecular complexity index is 901. The molecule has 1 unspecified atom stereocenters. The van der Waals surface area contributed by atoms with Crippen LogP contribution in [0.15, 0.2) is 30.6 Å².